The van der Waals surface area contributed by atoms with Crippen LogP contribution >= 0.6 is 27.3 Å². The number of ether oxygens (including phenoxy) is 1. The van der Waals surface area contributed by atoms with Crippen LogP contribution < -0.4 is 0 Å². The molecule has 1 aromatic rings. The van der Waals surface area contributed by atoms with Crippen molar-refractivity contribution >= 4 is 33.0 Å². The standard InChI is InChI=1S/C12H15BrO2S/c1-8-9(6-11(13)16-8)10(14)7-12(15-2)4-3-5-12/h6H,3-5,7H2,1-2H3. The Morgan fingerprint density at radius 3 is 2.69 bits per heavy atom. The van der Waals surface area contributed by atoms with E-state index in [4.69, 9.17) is 4.74 Å². The second kappa shape index (κ2) is 4.59. The van der Waals surface area contributed by atoms with Crippen LogP contribution in [0.1, 0.15) is 40.9 Å². The summed E-state index contributed by atoms with van der Waals surface area (Å²) < 4.78 is 6.51. The monoisotopic (exact) mass is 302 g/mol. The van der Waals surface area contributed by atoms with Crippen LogP contribution in [0.3, 0.4) is 0 Å². The lowest BCUT2D eigenvalue weighted by atomic mass is 9.76. The zero-order valence-corrected chi connectivity index (χ0v) is 11.9. The summed E-state index contributed by atoms with van der Waals surface area (Å²) in [6.07, 6.45) is 3.72. The molecule has 0 spiro atoms. The van der Waals surface area contributed by atoms with Gasteiger partial charge in [0.15, 0.2) is 5.78 Å². The highest BCUT2D eigenvalue weighted by Crippen LogP contribution is 2.39. The molecular formula is C12H15BrO2S. The lowest BCUT2D eigenvalue weighted by Crippen LogP contribution is -2.41. The first kappa shape index (κ1) is 12.3. The first-order valence-corrected chi connectivity index (χ1v) is 7.01. The summed E-state index contributed by atoms with van der Waals surface area (Å²) >= 11 is 5.03. The van der Waals surface area contributed by atoms with Gasteiger partial charge < -0.3 is 4.74 Å². The highest BCUT2D eigenvalue weighted by atomic mass is 79.9. The van der Waals surface area contributed by atoms with Crippen LogP contribution in [0.4, 0.5) is 0 Å². The quantitative estimate of drug-likeness (QED) is 0.787. The SMILES string of the molecule is COC1(CC(=O)c2cc(Br)sc2C)CCC1. The van der Waals surface area contributed by atoms with Gasteiger partial charge in [-0.1, -0.05) is 0 Å². The van der Waals surface area contributed by atoms with E-state index in [0.29, 0.717) is 6.42 Å². The second-order valence-corrected chi connectivity index (χ2v) is 7.00. The Kier molecular flexibility index (Phi) is 3.52. The van der Waals surface area contributed by atoms with Crippen LogP contribution in [0.25, 0.3) is 0 Å². The van der Waals surface area contributed by atoms with Gasteiger partial charge in [-0.25, -0.2) is 0 Å². The average Bonchev–Trinajstić information content (AvgIpc) is 2.51. The maximum atomic E-state index is 12.2. The Bertz CT molecular complexity index is 402. The van der Waals surface area contributed by atoms with E-state index in [0.717, 1.165) is 27.1 Å². The second-order valence-electron chi connectivity index (χ2n) is 4.36. The van der Waals surface area contributed by atoms with E-state index >= 15 is 0 Å². The molecule has 1 saturated carbocycles. The molecule has 1 aliphatic carbocycles. The molecule has 2 rings (SSSR count). The Morgan fingerprint density at radius 2 is 2.31 bits per heavy atom. The van der Waals surface area contributed by atoms with E-state index in [9.17, 15) is 4.79 Å². The first-order chi connectivity index (χ1) is 7.56. The molecule has 1 aliphatic rings. The largest absolute Gasteiger partial charge is 0.378 e. The van der Waals surface area contributed by atoms with Gasteiger partial charge in [0.1, 0.15) is 0 Å². The van der Waals surface area contributed by atoms with E-state index in [2.05, 4.69) is 15.9 Å². The van der Waals surface area contributed by atoms with Crippen LogP contribution in [-0.2, 0) is 4.74 Å². The number of hydrogen-bond donors (Lipinski definition) is 0. The number of carbonyl (C=O) groups is 1. The van der Waals surface area contributed by atoms with E-state index in [-0.39, 0.29) is 11.4 Å². The smallest absolute Gasteiger partial charge is 0.166 e. The molecule has 0 amide bonds. The molecule has 2 nitrogen and oxygen atoms in total. The van der Waals surface area contributed by atoms with Crippen molar-refractivity contribution in [2.24, 2.45) is 0 Å². The van der Waals surface area contributed by atoms with Gasteiger partial charge in [-0.3, -0.25) is 4.79 Å². The van der Waals surface area contributed by atoms with E-state index in [1.54, 1.807) is 18.4 Å². The summed E-state index contributed by atoms with van der Waals surface area (Å²) in [7, 11) is 1.71. The molecule has 1 aromatic heterocycles. The molecule has 0 aliphatic heterocycles. The number of ketones is 1. The van der Waals surface area contributed by atoms with Crippen molar-refractivity contribution in [3.8, 4) is 0 Å². The van der Waals surface area contributed by atoms with Crippen molar-refractivity contribution in [2.75, 3.05) is 7.11 Å². The van der Waals surface area contributed by atoms with Crippen LogP contribution in [0.15, 0.2) is 9.85 Å². The van der Waals surface area contributed by atoms with Crippen LogP contribution in [0.2, 0.25) is 0 Å². The van der Waals surface area contributed by atoms with Crippen molar-refractivity contribution in [1.82, 2.24) is 0 Å². The first-order valence-electron chi connectivity index (χ1n) is 5.41. The van der Waals surface area contributed by atoms with Crippen molar-refractivity contribution in [3.05, 3.63) is 20.3 Å². The minimum Gasteiger partial charge on any atom is -0.378 e. The van der Waals surface area contributed by atoms with E-state index in [1.165, 1.54) is 6.42 Å². The summed E-state index contributed by atoms with van der Waals surface area (Å²) in [6.45, 7) is 1.99. The summed E-state index contributed by atoms with van der Waals surface area (Å²) in [6, 6.07) is 1.92. The Balaban J connectivity index is 2.11. The van der Waals surface area contributed by atoms with Crippen LogP contribution in [-0.4, -0.2) is 18.5 Å². The van der Waals surface area contributed by atoms with Gasteiger partial charge >= 0.3 is 0 Å². The number of aryl methyl sites for hydroxylation is 1. The van der Waals surface area contributed by atoms with Crippen molar-refractivity contribution < 1.29 is 9.53 Å². The lowest BCUT2D eigenvalue weighted by Gasteiger charge is -2.40. The Morgan fingerprint density at radius 1 is 1.62 bits per heavy atom. The van der Waals surface area contributed by atoms with E-state index in [1.807, 2.05) is 13.0 Å². The van der Waals surface area contributed by atoms with Gasteiger partial charge in [-0.15, -0.1) is 11.3 Å². The molecule has 88 valence electrons. The van der Waals surface area contributed by atoms with E-state index < -0.39 is 0 Å². The van der Waals surface area contributed by atoms with Gasteiger partial charge in [0.2, 0.25) is 0 Å². The maximum Gasteiger partial charge on any atom is 0.166 e. The molecular weight excluding hydrogens is 288 g/mol. The molecule has 0 bridgehead atoms. The lowest BCUT2D eigenvalue weighted by molar-refractivity contribution is -0.0704. The molecule has 4 heteroatoms. The van der Waals surface area contributed by atoms with Gasteiger partial charge in [-0.2, -0.15) is 0 Å². The normalized spacial score (nSPS) is 18.2. The number of hydrogen-bond acceptors (Lipinski definition) is 3. The molecule has 0 aromatic carbocycles. The maximum absolute atomic E-state index is 12.2. The predicted octanol–water partition coefficient (Wildman–Crippen LogP) is 3.96. The topological polar surface area (TPSA) is 26.3 Å². The van der Waals surface area contributed by atoms with Crippen LogP contribution in [0, 0.1) is 6.92 Å². The summed E-state index contributed by atoms with van der Waals surface area (Å²) in [5, 5.41) is 0. The highest BCUT2D eigenvalue weighted by molar-refractivity contribution is 9.11. The average molecular weight is 303 g/mol. The van der Waals surface area contributed by atoms with Gasteiger partial charge in [-0.05, 0) is 48.2 Å². The Labute approximate surface area is 108 Å². The number of Topliss-reactive ketones (excluding diaryl/α,β-unsaturated/α-hetero) is 1. The summed E-state index contributed by atoms with van der Waals surface area (Å²) in [5.41, 5.74) is 0.679. The van der Waals surface area contributed by atoms with Crippen molar-refractivity contribution in [1.29, 1.82) is 0 Å². The molecule has 1 fully saturated rings. The third kappa shape index (κ3) is 2.24. The van der Waals surface area contributed by atoms with Crippen LogP contribution in [0.5, 0.6) is 0 Å². The fourth-order valence-electron chi connectivity index (χ4n) is 2.13. The number of methoxy groups -OCH3 is 1. The molecule has 16 heavy (non-hydrogen) atoms. The van der Waals surface area contributed by atoms with Gasteiger partial charge in [0.05, 0.1) is 9.39 Å². The molecule has 0 atom stereocenters. The van der Waals surface area contributed by atoms with Gasteiger partial charge in [0, 0.05) is 24.0 Å². The number of halogens is 1. The number of carbonyl (C=O) groups excluding carboxylic acids is 1. The zero-order chi connectivity index (χ0) is 11.8. The summed E-state index contributed by atoms with van der Waals surface area (Å²) in [5.74, 6) is 0.209. The fraction of sp³-hybridized carbons (Fsp3) is 0.583. The molecule has 1 heterocycles. The molecule has 0 N–H and O–H groups in total. The third-order valence-corrected chi connectivity index (χ3v) is 4.92. The predicted molar refractivity (Wildman–Crippen MR) is 69.3 cm³/mol. The number of thiophene rings is 1. The molecule has 0 saturated heterocycles. The minimum absolute atomic E-state index is 0.169. The number of rotatable bonds is 4. The van der Waals surface area contributed by atoms with Crippen molar-refractivity contribution in [3.63, 3.8) is 0 Å². The van der Waals surface area contributed by atoms with Crippen molar-refractivity contribution in [2.45, 2.75) is 38.2 Å². The Hall–Kier alpha value is -0.190. The minimum atomic E-state index is -0.169. The molecule has 0 radical (unpaired) electrons. The summed E-state index contributed by atoms with van der Waals surface area (Å²) in [4.78, 5) is 13.2. The zero-order valence-electron chi connectivity index (χ0n) is 9.51. The fourth-order valence-corrected chi connectivity index (χ4v) is 3.84. The van der Waals surface area contributed by atoms with Gasteiger partial charge in [0.25, 0.3) is 0 Å². The third-order valence-electron chi connectivity index (χ3n) is 3.37. The molecule has 0 unspecified atom stereocenters. The highest BCUT2D eigenvalue weighted by Gasteiger charge is 2.39.